The Kier molecular flexibility index (Phi) is 5.13. The van der Waals surface area contributed by atoms with Crippen molar-refractivity contribution in [2.45, 2.75) is 13.1 Å². The van der Waals surface area contributed by atoms with Crippen LogP contribution in [0.3, 0.4) is 0 Å². The molecule has 2 aromatic carbocycles. The molecule has 6 heteroatoms. The summed E-state index contributed by atoms with van der Waals surface area (Å²) < 4.78 is 7.24. The van der Waals surface area contributed by atoms with Crippen LogP contribution >= 0.6 is 11.6 Å². The van der Waals surface area contributed by atoms with Gasteiger partial charge in [0.2, 0.25) is 0 Å². The van der Waals surface area contributed by atoms with E-state index >= 15 is 0 Å². The van der Waals surface area contributed by atoms with E-state index in [0.717, 1.165) is 16.9 Å². The highest BCUT2D eigenvalue weighted by molar-refractivity contribution is 6.30. The van der Waals surface area contributed by atoms with E-state index in [2.05, 4.69) is 14.9 Å². The molecule has 0 aliphatic heterocycles. The van der Waals surface area contributed by atoms with Crippen LogP contribution in [0, 0.1) is 0 Å². The molecule has 0 unspecified atom stereocenters. The second-order valence-corrected chi connectivity index (χ2v) is 5.79. The van der Waals surface area contributed by atoms with Crippen LogP contribution in [-0.2, 0) is 17.8 Å². The predicted octanol–water partition coefficient (Wildman–Crippen LogP) is 3.27. The lowest BCUT2D eigenvalue weighted by Crippen LogP contribution is -2.25. The Hall–Kier alpha value is -2.37. The smallest absolute Gasteiger partial charge is 0.251 e. The van der Waals surface area contributed by atoms with E-state index in [1.54, 1.807) is 31.4 Å². The molecule has 1 heterocycles. The fourth-order valence-corrected chi connectivity index (χ4v) is 2.77. The number of nitrogens with zero attached hydrogens (tertiary/aromatic N) is 2. The molecule has 0 fully saturated rings. The standard InChI is InChI=1S/C18H18ClN3O2/c1-24-10-9-22-16-8-3-2-7-15(16)21-17(22)12-20-18(23)13-5-4-6-14(19)11-13/h2-8,11H,9-10,12H2,1H3,(H,20,23). The first-order valence-electron chi connectivity index (χ1n) is 7.66. The molecule has 1 N–H and O–H groups in total. The van der Waals surface area contributed by atoms with E-state index in [4.69, 9.17) is 16.3 Å². The SMILES string of the molecule is COCCn1c(CNC(=O)c2cccc(Cl)c2)nc2ccccc21. The maximum absolute atomic E-state index is 12.3. The van der Waals surface area contributed by atoms with Crippen molar-refractivity contribution >= 4 is 28.5 Å². The first kappa shape index (κ1) is 16.5. The zero-order valence-electron chi connectivity index (χ0n) is 13.3. The Balaban J connectivity index is 1.80. The third-order valence-electron chi connectivity index (χ3n) is 3.75. The number of benzene rings is 2. The van der Waals surface area contributed by atoms with Crippen LogP contribution in [0.1, 0.15) is 16.2 Å². The largest absolute Gasteiger partial charge is 0.383 e. The number of ether oxygens (including phenoxy) is 1. The molecule has 0 aliphatic rings. The van der Waals surface area contributed by atoms with Crippen molar-refractivity contribution in [3.63, 3.8) is 0 Å². The summed E-state index contributed by atoms with van der Waals surface area (Å²) in [6.45, 7) is 1.60. The van der Waals surface area contributed by atoms with Gasteiger partial charge in [0.15, 0.2) is 0 Å². The molecule has 0 saturated carbocycles. The van der Waals surface area contributed by atoms with E-state index in [1.165, 1.54) is 0 Å². The average molecular weight is 344 g/mol. The Bertz CT molecular complexity index is 860. The normalized spacial score (nSPS) is 10.9. The summed E-state index contributed by atoms with van der Waals surface area (Å²) in [6, 6.07) is 14.8. The lowest BCUT2D eigenvalue weighted by molar-refractivity contribution is 0.0949. The topological polar surface area (TPSA) is 56.1 Å². The first-order chi connectivity index (χ1) is 11.7. The van der Waals surface area contributed by atoms with Gasteiger partial charge >= 0.3 is 0 Å². The van der Waals surface area contributed by atoms with Gasteiger partial charge in [-0.25, -0.2) is 4.98 Å². The molecule has 1 amide bonds. The number of fused-ring (bicyclic) bond motifs is 1. The van der Waals surface area contributed by atoms with Gasteiger partial charge in [0.05, 0.1) is 24.2 Å². The third kappa shape index (κ3) is 3.58. The molecule has 124 valence electrons. The quantitative estimate of drug-likeness (QED) is 0.747. The number of nitrogens with one attached hydrogen (secondary N) is 1. The number of carbonyl (C=O) groups is 1. The number of rotatable bonds is 6. The summed E-state index contributed by atoms with van der Waals surface area (Å²) in [5.41, 5.74) is 2.46. The fraction of sp³-hybridized carbons (Fsp3) is 0.222. The first-order valence-corrected chi connectivity index (χ1v) is 8.03. The molecular weight excluding hydrogens is 326 g/mol. The number of aromatic nitrogens is 2. The highest BCUT2D eigenvalue weighted by Gasteiger charge is 2.12. The van der Waals surface area contributed by atoms with Gasteiger partial charge in [0, 0.05) is 24.2 Å². The minimum Gasteiger partial charge on any atom is -0.383 e. The van der Waals surface area contributed by atoms with E-state index in [1.807, 2.05) is 24.3 Å². The molecule has 24 heavy (non-hydrogen) atoms. The van der Waals surface area contributed by atoms with E-state index in [0.29, 0.717) is 30.3 Å². The van der Waals surface area contributed by atoms with Gasteiger partial charge in [0.25, 0.3) is 5.91 Å². The number of hydrogen-bond acceptors (Lipinski definition) is 3. The molecule has 0 atom stereocenters. The summed E-state index contributed by atoms with van der Waals surface area (Å²) in [6.07, 6.45) is 0. The third-order valence-corrected chi connectivity index (χ3v) is 3.98. The second-order valence-electron chi connectivity index (χ2n) is 5.35. The lowest BCUT2D eigenvalue weighted by atomic mass is 10.2. The van der Waals surface area contributed by atoms with Crippen molar-refractivity contribution in [1.82, 2.24) is 14.9 Å². The van der Waals surface area contributed by atoms with Crippen LogP contribution in [0.5, 0.6) is 0 Å². The molecule has 1 aromatic heterocycles. The molecule has 0 saturated heterocycles. The Morgan fingerprint density at radius 2 is 2.08 bits per heavy atom. The van der Waals surface area contributed by atoms with Crippen molar-refractivity contribution in [3.05, 3.63) is 64.9 Å². The summed E-state index contributed by atoms with van der Waals surface area (Å²) in [5.74, 6) is 0.617. The molecule has 0 aliphatic carbocycles. The summed E-state index contributed by atoms with van der Waals surface area (Å²) in [5, 5.41) is 3.44. The molecule has 0 spiro atoms. The molecular formula is C18H18ClN3O2. The van der Waals surface area contributed by atoms with Crippen LogP contribution in [0.4, 0.5) is 0 Å². The Labute approximate surface area is 145 Å². The highest BCUT2D eigenvalue weighted by Crippen LogP contribution is 2.16. The van der Waals surface area contributed by atoms with E-state index in [9.17, 15) is 4.79 Å². The molecule has 0 radical (unpaired) electrons. The minimum atomic E-state index is -0.178. The number of carbonyl (C=O) groups excluding carboxylic acids is 1. The number of halogens is 1. The van der Waals surface area contributed by atoms with Crippen LogP contribution in [0.15, 0.2) is 48.5 Å². The van der Waals surface area contributed by atoms with Gasteiger partial charge in [-0.05, 0) is 30.3 Å². The molecule has 3 aromatic rings. The molecule has 3 rings (SSSR count). The number of methoxy groups -OCH3 is 1. The van der Waals surface area contributed by atoms with Crippen LogP contribution in [0.2, 0.25) is 5.02 Å². The highest BCUT2D eigenvalue weighted by atomic mass is 35.5. The second kappa shape index (κ2) is 7.47. The predicted molar refractivity (Wildman–Crippen MR) is 94.2 cm³/mol. The maximum Gasteiger partial charge on any atom is 0.251 e. The van der Waals surface area contributed by atoms with Crippen molar-refractivity contribution in [1.29, 1.82) is 0 Å². The van der Waals surface area contributed by atoms with E-state index < -0.39 is 0 Å². The maximum atomic E-state index is 12.3. The number of amides is 1. The van der Waals surface area contributed by atoms with Crippen LogP contribution < -0.4 is 5.32 Å². The van der Waals surface area contributed by atoms with Gasteiger partial charge in [-0.15, -0.1) is 0 Å². The molecule has 0 bridgehead atoms. The average Bonchev–Trinajstić information content (AvgIpc) is 2.95. The molecule has 5 nitrogen and oxygen atoms in total. The number of para-hydroxylation sites is 2. The summed E-state index contributed by atoms with van der Waals surface area (Å²) in [7, 11) is 1.67. The van der Waals surface area contributed by atoms with Crippen molar-refractivity contribution < 1.29 is 9.53 Å². The zero-order valence-corrected chi connectivity index (χ0v) is 14.1. The lowest BCUT2D eigenvalue weighted by Gasteiger charge is -2.10. The number of hydrogen-bond donors (Lipinski definition) is 1. The zero-order chi connectivity index (χ0) is 16.9. The monoisotopic (exact) mass is 343 g/mol. The van der Waals surface area contributed by atoms with Crippen LogP contribution in [-0.4, -0.2) is 29.2 Å². The summed E-state index contributed by atoms with van der Waals surface area (Å²) in [4.78, 5) is 16.9. The van der Waals surface area contributed by atoms with E-state index in [-0.39, 0.29) is 5.91 Å². The van der Waals surface area contributed by atoms with Crippen LogP contribution in [0.25, 0.3) is 11.0 Å². The van der Waals surface area contributed by atoms with Gasteiger partial charge in [-0.1, -0.05) is 29.8 Å². The van der Waals surface area contributed by atoms with Gasteiger partial charge in [-0.2, -0.15) is 0 Å². The van der Waals surface area contributed by atoms with Crippen molar-refractivity contribution in [3.8, 4) is 0 Å². The summed E-state index contributed by atoms with van der Waals surface area (Å²) >= 11 is 5.93. The fourth-order valence-electron chi connectivity index (χ4n) is 2.58. The van der Waals surface area contributed by atoms with Gasteiger partial charge in [0.1, 0.15) is 5.82 Å². The Morgan fingerprint density at radius 1 is 1.25 bits per heavy atom. The van der Waals surface area contributed by atoms with Crippen molar-refractivity contribution in [2.24, 2.45) is 0 Å². The van der Waals surface area contributed by atoms with Gasteiger partial charge < -0.3 is 14.6 Å². The Morgan fingerprint density at radius 3 is 2.88 bits per heavy atom. The van der Waals surface area contributed by atoms with Crippen molar-refractivity contribution in [2.75, 3.05) is 13.7 Å². The van der Waals surface area contributed by atoms with Gasteiger partial charge in [-0.3, -0.25) is 4.79 Å². The number of imidazole rings is 1. The minimum absolute atomic E-state index is 0.178.